The van der Waals surface area contributed by atoms with Crippen LogP contribution in [0.3, 0.4) is 0 Å². The fourth-order valence-electron chi connectivity index (χ4n) is 1.64. The van der Waals surface area contributed by atoms with Gasteiger partial charge in [0.2, 0.25) is 0 Å². The normalized spacial score (nSPS) is 10.5. The fourth-order valence-corrected chi connectivity index (χ4v) is 2.16. The molecule has 0 spiro atoms. The maximum absolute atomic E-state index is 5.92. The molecule has 0 bridgehead atoms. The molecule has 90 valence electrons. The van der Waals surface area contributed by atoms with Gasteiger partial charge in [-0.05, 0) is 40.8 Å². The van der Waals surface area contributed by atoms with E-state index in [2.05, 4.69) is 32.9 Å². The summed E-state index contributed by atoms with van der Waals surface area (Å²) in [5, 5.41) is 3.32. The van der Waals surface area contributed by atoms with Crippen molar-refractivity contribution in [3.8, 4) is 0 Å². The molecular formula is C12H15IN4. The molecule has 0 aliphatic rings. The van der Waals surface area contributed by atoms with E-state index in [1.54, 1.807) is 0 Å². The van der Waals surface area contributed by atoms with Gasteiger partial charge in [0, 0.05) is 36.0 Å². The molecule has 0 unspecified atom stereocenters. The van der Waals surface area contributed by atoms with Gasteiger partial charge in [0.15, 0.2) is 0 Å². The average Bonchev–Trinajstić information content (AvgIpc) is 2.68. The molecule has 1 heterocycles. The lowest BCUT2D eigenvalue weighted by atomic mass is 10.2. The predicted octanol–water partition coefficient (Wildman–Crippen LogP) is 2.26. The molecule has 0 saturated carbocycles. The number of nitrogens with zero attached hydrogens (tertiary/aromatic N) is 2. The molecule has 0 aliphatic carbocycles. The molecule has 0 radical (unpaired) electrons. The molecule has 0 atom stereocenters. The van der Waals surface area contributed by atoms with E-state index in [1.807, 2.05) is 42.2 Å². The molecule has 2 aromatic rings. The van der Waals surface area contributed by atoms with Crippen LogP contribution in [0.25, 0.3) is 0 Å². The second-order valence-corrected chi connectivity index (χ2v) is 5.11. The SMILES string of the molecule is Cn1ccnc1CCNc1ccc(I)cc1N. The van der Waals surface area contributed by atoms with Crippen LogP contribution in [0, 0.1) is 3.57 Å². The summed E-state index contributed by atoms with van der Waals surface area (Å²) in [5.41, 5.74) is 7.70. The van der Waals surface area contributed by atoms with Gasteiger partial charge >= 0.3 is 0 Å². The average molecular weight is 342 g/mol. The van der Waals surface area contributed by atoms with Crippen LogP contribution in [-0.4, -0.2) is 16.1 Å². The van der Waals surface area contributed by atoms with E-state index >= 15 is 0 Å². The van der Waals surface area contributed by atoms with Gasteiger partial charge in [0.25, 0.3) is 0 Å². The van der Waals surface area contributed by atoms with Crippen molar-refractivity contribution in [3.63, 3.8) is 0 Å². The van der Waals surface area contributed by atoms with Gasteiger partial charge in [-0.1, -0.05) is 0 Å². The third-order valence-electron chi connectivity index (χ3n) is 2.60. The number of nitrogen functional groups attached to an aromatic ring is 1. The number of aryl methyl sites for hydroxylation is 1. The lowest BCUT2D eigenvalue weighted by molar-refractivity contribution is 0.790. The van der Waals surface area contributed by atoms with Crippen LogP contribution in [0.15, 0.2) is 30.6 Å². The van der Waals surface area contributed by atoms with Crippen molar-refractivity contribution < 1.29 is 0 Å². The van der Waals surface area contributed by atoms with Crippen LogP contribution in [0.1, 0.15) is 5.82 Å². The molecule has 0 saturated heterocycles. The summed E-state index contributed by atoms with van der Waals surface area (Å²) in [6, 6.07) is 6.01. The summed E-state index contributed by atoms with van der Waals surface area (Å²) in [6.07, 6.45) is 4.65. The topological polar surface area (TPSA) is 55.9 Å². The molecule has 2 rings (SSSR count). The van der Waals surface area contributed by atoms with Crippen molar-refractivity contribution in [2.24, 2.45) is 7.05 Å². The standard InChI is InChI=1S/C12H15IN4/c1-17-7-6-16-12(17)4-5-15-11-3-2-9(13)8-10(11)14/h2-3,6-8,15H,4-5,14H2,1H3. The van der Waals surface area contributed by atoms with E-state index < -0.39 is 0 Å². The molecule has 1 aromatic heterocycles. The molecule has 3 N–H and O–H groups in total. The van der Waals surface area contributed by atoms with Crippen molar-refractivity contribution in [1.29, 1.82) is 0 Å². The minimum absolute atomic E-state index is 0.789. The number of aromatic nitrogens is 2. The van der Waals surface area contributed by atoms with Gasteiger partial charge < -0.3 is 15.6 Å². The summed E-state index contributed by atoms with van der Waals surface area (Å²) < 4.78 is 3.17. The highest BCUT2D eigenvalue weighted by molar-refractivity contribution is 14.1. The van der Waals surface area contributed by atoms with Crippen molar-refractivity contribution in [2.45, 2.75) is 6.42 Å². The van der Waals surface area contributed by atoms with Crippen LogP contribution < -0.4 is 11.1 Å². The van der Waals surface area contributed by atoms with Crippen LogP contribution in [0.5, 0.6) is 0 Å². The molecule has 5 heteroatoms. The Morgan fingerprint density at radius 2 is 2.29 bits per heavy atom. The summed E-state index contributed by atoms with van der Waals surface area (Å²) in [7, 11) is 2.00. The van der Waals surface area contributed by atoms with Gasteiger partial charge in [0.1, 0.15) is 5.82 Å². The third kappa shape index (κ3) is 3.12. The zero-order chi connectivity index (χ0) is 12.3. The Bertz CT molecular complexity index is 507. The predicted molar refractivity (Wildman–Crippen MR) is 79.0 cm³/mol. The zero-order valence-electron chi connectivity index (χ0n) is 9.65. The number of imidazole rings is 1. The number of nitrogens with two attached hydrogens (primary N) is 1. The smallest absolute Gasteiger partial charge is 0.110 e. The number of halogens is 1. The summed E-state index contributed by atoms with van der Waals surface area (Å²) in [5.74, 6) is 1.07. The number of anilines is 2. The Hall–Kier alpha value is -1.24. The van der Waals surface area contributed by atoms with Crippen molar-refractivity contribution in [2.75, 3.05) is 17.6 Å². The van der Waals surface area contributed by atoms with Gasteiger partial charge in [-0.2, -0.15) is 0 Å². The summed E-state index contributed by atoms with van der Waals surface area (Å²) in [4.78, 5) is 4.27. The molecule has 1 aromatic carbocycles. The molecule has 0 amide bonds. The maximum atomic E-state index is 5.92. The third-order valence-corrected chi connectivity index (χ3v) is 3.27. The van der Waals surface area contributed by atoms with E-state index in [0.29, 0.717) is 0 Å². The number of benzene rings is 1. The molecule has 17 heavy (non-hydrogen) atoms. The van der Waals surface area contributed by atoms with Gasteiger partial charge in [-0.15, -0.1) is 0 Å². The summed E-state index contributed by atoms with van der Waals surface area (Å²) in [6.45, 7) is 0.829. The van der Waals surface area contributed by atoms with Gasteiger partial charge in [-0.3, -0.25) is 0 Å². The minimum atomic E-state index is 0.789. The largest absolute Gasteiger partial charge is 0.397 e. The quantitative estimate of drug-likeness (QED) is 0.662. The van der Waals surface area contributed by atoms with Crippen LogP contribution in [0.4, 0.5) is 11.4 Å². The van der Waals surface area contributed by atoms with E-state index in [-0.39, 0.29) is 0 Å². The maximum Gasteiger partial charge on any atom is 0.110 e. The lowest BCUT2D eigenvalue weighted by Crippen LogP contribution is -2.09. The van der Waals surface area contributed by atoms with Crippen LogP contribution >= 0.6 is 22.6 Å². The Morgan fingerprint density at radius 3 is 2.94 bits per heavy atom. The highest BCUT2D eigenvalue weighted by atomic mass is 127. The van der Waals surface area contributed by atoms with Crippen molar-refractivity contribution in [1.82, 2.24) is 9.55 Å². The minimum Gasteiger partial charge on any atom is -0.397 e. The first-order valence-corrected chi connectivity index (χ1v) is 6.50. The van der Waals surface area contributed by atoms with E-state index in [4.69, 9.17) is 5.73 Å². The van der Waals surface area contributed by atoms with E-state index in [0.717, 1.165) is 33.7 Å². The summed E-state index contributed by atoms with van der Waals surface area (Å²) >= 11 is 2.25. The van der Waals surface area contributed by atoms with Crippen molar-refractivity contribution >= 4 is 34.0 Å². The van der Waals surface area contributed by atoms with Gasteiger partial charge in [-0.25, -0.2) is 4.98 Å². The van der Waals surface area contributed by atoms with E-state index in [1.165, 1.54) is 0 Å². The Kier molecular flexibility index (Phi) is 3.88. The zero-order valence-corrected chi connectivity index (χ0v) is 11.8. The first-order chi connectivity index (χ1) is 8.16. The Morgan fingerprint density at radius 1 is 1.47 bits per heavy atom. The second kappa shape index (κ2) is 5.39. The number of hydrogen-bond donors (Lipinski definition) is 2. The van der Waals surface area contributed by atoms with Gasteiger partial charge in [0.05, 0.1) is 11.4 Å². The fraction of sp³-hybridized carbons (Fsp3) is 0.250. The molecule has 0 aliphatic heterocycles. The number of rotatable bonds is 4. The molecule has 0 fully saturated rings. The number of nitrogens with one attached hydrogen (secondary N) is 1. The van der Waals surface area contributed by atoms with Crippen LogP contribution in [-0.2, 0) is 13.5 Å². The first-order valence-electron chi connectivity index (χ1n) is 5.42. The molecule has 4 nitrogen and oxygen atoms in total. The Labute approximate surface area is 114 Å². The highest BCUT2D eigenvalue weighted by Crippen LogP contribution is 2.20. The highest BCUT2D eigenvalue weighted by Gasteiger charge is 2.01. The molecular weight excluding hydrogens is 327 g/mol. The Balaban J connectivity index is 1.92. The van der Waals surface area contributed by atoms with Crippen LogP contribution in [0.2, 0.25) is 0 Å². The lowest BCUT2D eigenvalue weighted by Gasteiger charge is -2.09. The first kappa shape index (κ1) is 12.2. The number of hydrogen-bond acceptors (Lipinski definition) is 3. The van der Waals surface area contributed by atoms with E-state index in [9.17, 15) is 0 Å². The van der Waals surface area contributed by atoms with Crippen molar-refractivity contribution in [3.05, 3.63) is 40.0 Å². The second-order valence-electron chi connectivity index (χ2n) is 3.86. The monoisotopic (exact) mass is 342 g/mol.